The van der Waals surface area contributed by atoms with Crippen molar-refractivity contribution >= 4 is 5.96 Å². The van der Waals surface area contributed by atoms with Gasteiger partial charge in [-0.15, -0.1) is 10.2 Å². The Morgan fingerprint density at radius 2 is 2.33 bits per heavy atom. The van der Waals surface area contributed by atoms with E-state index in [0.717, 1.165) is 36.5 Å². The minimum Gasteiger partial charge on any atom is -0.353 e. The van der Waals surface area contributed by atoms with Crippen molar-refractivity contribution < 1.29 is 0 Å². The number of hydrogen-bond acceptors (Lipinski definition) is 3. The monoisotopic (exact) mass is 248 g/mol. The molecule has 1 aromatic heterocycles. The van der Waals surface area contributed by atoms with Crippen LogP contribution in [0.25, 0.3) is 0 Å². The molecule has 1 aliphatic carbocycles. The number of fused-ring (bicyclic) bond motifs is 1. The fraction of sp³-hybridized carbons (Fsp3) is 0.750. The molecule has 1 fully saturated rings. The lowest BCUT2D eigenvalue weighted by Crippen LogP contribution is -2.39. The van der Waals surface area contributed by atoms with E-state index in [1.165, 1.54) is 12.8 Å². The smallest absolute Gasteiger partial charge is 0.191 e. The van der Waals surface area contributed by atoms with Gasteiger partial charge >= 0.3 is 0 Å². The zero-order valence-corrected chi connectivity index (χ0v) is 11.0. The Kier molecular flexibility index (Phi) is 2.93. The van der Waals surface area contributed by atoms with Gasteiger partial charge in [0.25, 0.3) is 0 Å². The van der Waals surface area contributed by atoms with Crippen LogP contribution in [0.15, 0.2) is 4.99 Å². The molecule has 2 atom stereocenters. The second-order valence-electron chi connectivity index (χ2n) is 5.18. The molecular weight excluding hydrogens is 228 g/mol. The summed E-state index contributed by atoms with van der Waals surface area (Å²) in [4.78, 5) is 4.23. The molecule has 6 heteroatoms. The number of aliphatic imine (C=N–C) groups is 1. The highest BCUT2D eigenvalue weighted by Gasteiger charge is 2.33. The molecule has 1 aliphatic heterocycles. The molecule has 2 unspecified atom stereocenters. The maximum absolute atomic E-state index is 4.23. The maximum Gasteiger partial charge on any atom is 0.191 e. The number of guanidine groups is 1. The van der Waals surface area contributed by atoms with Crippen LogP contribution in [-0.4, -0.2) is 33.8 Å². The molecular formula is C12H20N6. The van der Waals surface area contributed by atoms with Gasteiger partial charge in [-0.2, -0.15) is 0 Å². The van der Waals surface area contributed by atoms with E-state index in [2.05, 4.69) is 37.3 Å². The first-order chi connectivity index (χ1) is 8.78. The van der Waals surface area contributed by atoms with Crippen LogP contribution in [0.3, 0.4) is 0 Å². The lowest BCUT2D eigenvalue weighted by Gasteiger charge is -2.11. The Morgan fingerprint density at radius 3 is 3.06 bits per heavy atom. The van der Waals surface area contributed by atoms with Crippen LogP contribution in [0, 0.1) is 5.92 Å². The summed E-state index contributed by atoms with van der Waals surface area (Å²) in [5.41, 5.74) is 0. The average Bonchev–Trinajstić information content (AvgIpc) is 2.81. The molecule has 6 nitrogen and oxygen atoms in total. The summed E-state index contributed by atoms with van der Waals surface area (Å²) >= 11 is 0. The highest BCUT2D eigenvalue weighted by atomic mass is 15.3. The van der Waals surface area contributed by atoms with Gasteiger partial charge in [0.15, 0.2) is 11.8 Å². The van der Waals surface area contributed by atoms with Crippen LogP contribution in [0.4, 0.5) is 0 Å². The summed E-state index contributed by atoms with van der Waals surface area (Å²) in [6.07, 6.45) is 3.48. The predicted octanol–water partition coefficient (Wildman–Crippen LogP) is 0.298. The Balaban J connectivity index is 1.56. The first kappa shape index (κ1) is 11.5. The average molecular weight is 248 g/mol. The fourth-order valence-corrected chi connectivity index (χ4v) is 2.40. The van der Waals surface area contributed by atoms with Crippen molar-refractivity contribution in [3.05, 3.63) is 11.6 Å². The molecule has 0 amide bonds. The van der Waals surface area contributed by atoms with E-state index in [4.69, 9.17) is 0 Å². The number of aromatic nitrogens is 3. The molecule has 1 aromatic rings. The van der Waals surface area contributed by atoms with Crippen LogP contribution in [0.1, 0.15) is 31.4 Å². The van der Waals surface area contributed by atoms with Crippen molar-refractivity contribution in [3.63, 3.8) is 0 Å². The van der Waals surface area contributed by atoms with Crippen LogP contribution in [-0.2, 0) is 19.5 Å². The minimum absolute atomic E-state index is 0.584. The number of rotatable bonds is 3. The highest BCUT2D eigenvalue weighted by molar-refractivity contribution is 5.80. The van der Waals surface area contributed by atoms with Gasteiger partial charge in [-0.3, -0.25) is 4.99 Å². The van der Waals surface area contributed by atoms with E-state index in [9.17, 15) is 0 Å². The highest BCUT2D eigenvalue weighted by Crippen LogP contribution is 2.28. The largest absolute Gasteiger partial charge is 0.353 e. The van der Waals surface area contributed by atoms with Crippen molar-refractivity contribution in [3.8, 4) is 0 Å². The number of nitrogens with one attached hydrogen (secondary N) is 2. The van der Waals surface area contributed by atoms with Crippen LogP contribution in [0.5, 0.6) is 0 Å². The topological polar surface area (TPSA) is 67.1 Å². The van der Waals surface area contributed by atoms with Gasteiger partial charge < -0.3 is 15.2 Å². The maximum atomic E-state index is 4.23. The molecule has 0 spiro atoms. The summed E-state index contributed by atoms with van der Waals surface area (Å²) in [6, 6.07) is 0.584. The number of hydrogen-bond donors (Lipinski definition) is 2. The van der Waals surface area contributed by atoms with Crippen molar-refractivity contribution in [1.82, 2.24) is 25.4 Å². The van der Waals surface area contributed by atoms with Crippen LogP contribution in [0.2, 0.25) is 0 Å². The minimum atomic E-state index is 0.584. The predicted molar refractivity (Wildman–Crippen MR) is 69.2 cm³/mol. The molecule has 1 saturated carbocycles. The number of aryl methyl sites for hydroxylation is 1. The first-order valence-corrected chi connectivity index (χ1v) is 6.66. The fourth-order valence-electron chi connectivity index (χ4n) is 2.40. The van der Waals surface area contributed by atoms with E-state index in [1.807, 2.05) is 0 Å². The van der Waals surface area contributed by atoms with E-state index < -0.39 is 0 Å². The molecule has 0 saturated heterocycles. The Bertz CT molecular complexity index is 463. The SMILES string of the molecule is CN=C(NCc1nnc2n1CCC2)NC1CC1C. The van der Waals surface area contributed by atoms with Crippen LogP contribution < -0.4 is 10.6 Å². The van der Waals surface area contributed by atoms with Crippen molar-refractivity contribution in [2.45, 2.75) is 45.3 Å². The molecule has 2 aliphatic rings. The van der Waals surface area contributed by atoms with Crippen molar-refractivity contribution in [1.29, 1.82) is 0 Å². The lowest BCUT2D eigenvalue weighted by molar-refractivity contribution is 0.660. The normalized spacial score (nSPS) is 26.0. The summed E-state index contributed by atoms with van der Waals surface area (Å²) in [6.45, 7) is 3.98. The van der Waals surface area contributed by atoms with Gasteiger partial charge in [0.2, 0.25) is 0 Å². The summed E-state index contributed by atoms with van der Waals surface area (Å²) in [7, 11) is 1.80. The van der Waals surface area contributed by atoms with Gasteiger partial charge in [0.1, 0.15) is 5.82 Å². The van der Waals surface area contributed by atoms with Gasteiger partial charge in [-0.25, -0.2) is 0 Å². The summed E-state index contributed by atoms with van der Waals surface area (Å²) < 4.78 is 2.21. The van der Waals surface area contributed by atoms with E-state index in [1.54, 1.807) is 7.05 Å². The second kappa shape index (κ2) is 4.59. The Morgan fingerprint density at radius 1 is 1.50 bits per heavy atom. The van der Waals surface area contributed by atoms with Crippen LogP contribution >= 0.6 is 0 Å². The quantitative estimate of drug-likeness (QED) is 0.596. The second-order valence-corrected chi connectivity index (χ2v) is 5.18. The number of nitrogens with zero attached hydrogens (tertiary/aromatic N) is 4. The van der Waals surface area contributed by atoms with Crippen molar-refractivity contribution in [2.24, 2.45) is 10.9 Å². The molecule has 98 valence electrons. The summed E-state index contributed by atoms with van der Waals surface area (Å²) in [5.74, 6) is 3.75. The zero-order valence-electron chi connectivity index (χ0n) is 11.0. The summed E-state index contributed by atoms with van der Waals surface area (Å²) in [5, 5.41) is 15.1. The van der Waals surface area contributed by atoms with Crippen molar-refractivity contribution in [2.75, 3.05) is 7.05 Å². The molecule has 2 N–H and O–H groups in total. The molecule has 3 rings (SSSR count). The van der Waals surface area contributed by atoms with E-state index >= 15 is 0 Å². The first-order valence-electron chi connectivity index (χ1n) is 6.66. The van der Waals surface area contributed by atoms with E-state index in [-0.39, 0.29) is 0 Å². The third kappa shape index (κ3) is 2.19. The molecule has 0 bridgehead atoms. The van der Waals surface area contributed by atoms with Gasteiger partial charge in [-0.05, 0) is 18.8 Å². The van der Waals surface area contributed by atoms with Gasteiger partial charge in [0, 0.05) is 26.1 Å². The standard InChI is InChI=1S/C12H20N6/c1-8-6-9(8)15-12(13-2)14-7-11-17-16-10-4-3-5-18(10)11/h8-9H,3-7H2,1-2H3,(H2,13,14,15). The molecule has 2 heterocycles. The van der Waals surface area contributed by atoms with E-state index in [0.29, 0.717) is 12.6 Å². The molecule has 18 heavy (non-hydrogen) atoms. The zero-order chi connectivity index (χ0) is 12.5. The third-order valence-corrected chi connectivity index (χ3v) is 3.76. The Labute approximate surface area is 107 Å². The molecule has 0 aromatic carbocycles. The van der Waals surface area contributed by atoms with Gasteiger partial charge in [0.05, 0.1) is 6.54 Å². The Hall–Kier alpha value is -1.59. The van der Waals surface area contributed by atoms with Gasteiger partial charge in [-0.1, -0.05) is 6.92 Å². The third-order valence-electron chi connectivity index (χ3n) is 3.76. The lowest BCUT2D eigenvalue weighted by atomic mass is 10.4. The molecule has 0 radical (unpaired) electrons.